The van der Waals surface area contributed by atoms with Gasteiger partial charge in [0.1, 0.15) is 11.4 Å². The van der Waals surface area contributed by atoms with E-state index in [9.17, 15) is 17.6 Å². The largest absolute Gasteiger partial charge is 0.443 e. The van der Waals surface area contributed by atoms with Gasteiger partial charge in [0.2, 0.25) is 0 Å². The van der Waals surface area contributed by atoms with Crippen LogP contribution in [0.15, 0.2) is 12.1 Å². The zero-order valence-electron chi connectivity index (χ0n) is 14.6. The van der Waals surface area contributed by atoms with Crippen LogP contribution in [-0.4, -0.2) is 50.7 Å². The Bertz CT molecular complexity index is 809. The van der Waals surface area contributed by atoms with Crippen molar-refractivity contribution in [2.75, 3.05) is 24.5 Å². The van der Waals surface area contributed by atoms with Crippen LogP contribution in [0.25, 0.3) is 0 Å². The fourth-order valence-corrected chi connectivity index (χ4v) is 4.46. The first-order valence-electron chi connectivity index (χ1n) is 7.58. The van der Waals surface area contributed by atoms with Gasteiger partial charge in [-0.3, -0.25) is 0 Å². The van der Waals surface area contributed by atoms with Gasteiger partial charge in [-0.15, -0.1) is 0 Å². The molecule has 0 atom stereocenters. The molecular weight excluding hydrogens is 502 g/mol. The van der Waals surface area contributed by atoms with Gasteiger partial charge >= 0.3 is 16.3 Å². The molecular formula is C15H19ClFIN2O5S. The molecule has 0 spiro atoms. The summed E-state index contributed by atoms with van der Waals surface area (Å²) in [5, 5.41) is -0.191. The number of hydrogen-bond donors (Lipinski definition) is 0. The highest BCUT2D eigenvalue weighted by molar-refractivity contribution is 14.1. The van der Waals surface area contributed by atoms with Crippen molar-refractivity contribution >= 4 is 56.2 Å². The molecule has 1 heterocycles. The maximum Gasteiger partial charge on any atom is 0.429 e. The van der Waals surface area contributed by atoms with Crippen molar-refractivity contribution in [3.63, 3.8) is 0 Å². The van der Waals surface area contributed by atoms with Crippen molar-refractivity contribution in [1.29, 1.82) is 0 Å². The monoisotopic (exact) mass is 520 g/mol. The number of methoxy groups -OCH3 is 1. The number of carbonyl (C=O) groups excluding carboxylic acids is 1. The number of rotatable bonds is 4. The SMILES string of the molecule is COC1CN(S(=O)(=O)N(C(=O)OC(C)(C)C)c2ccc(F)c(I)c2Cl)C1. The van der Waals surface area contributed by atoms with Crippen LogP contribution in [0.1, 0.15) is 20.8 Å². The molecule has 11 heteroatoms. The molecule has 1 saturated heterocycles. The molecule has 1 fully saturated rings. The highest BCUT2D eigenvalue weighted by atomic mass is 127. The molecule has 2 rings (SSSR count). The first-order chi connectivity index (χ1) is 11.9. The zero-order valence-corrected chi connectivity index (χ0v) is 18.4. The van der Waals surface area contributed by atoms with Crippen molar-refractivity contribution in [2.45, 2.75) is 32.5 Å². The smallest absolute Gasteiger partial charge is 0.429 e. The van der Waals surface area contributed by atoms with Crippen LogP contribution >= 0.6 is 34.2 Å². The zero-order chi connectivity index (χ0) is 19.9. The molecule has 0 radical (unpaired) electrons. The fraction of sp³-hybridized carbons (Fsp3) is 0.533. The number of nitrogens with zero attached hydrogens (tertiary/aromatic N) is 2. The second-order valence-electron chi connectivity index (χ2n) is 6.62. The van der Waals surface area contributed by atoms with E-state index in [4.69, 9.17) is 21.1 Å². The summed E-state index contributed by atoms with van der Waals surface area (Å²) in [4.78, 5) is 12.7. The topological polar surface area (TPSA) is 76.2 Å². The molecule has 0 bridgehead atoms. The summed E-state index contributed by atoms with van der Waals surface area (Å²) < 4.78 is 51.6. The molecule has 1 amide bonds. The molecule has 1 aromatic carbocycles. The number of carbonyl (C=O) groups is 1. The van der Waals surface area contributed by atoms with Crippen LogP contribution in [0.3, 0.4) is 0 Å². The molecule has 0 saturated carbocycles. The van der Waals surface area contributed by atoms with Gasteiger partial charge in [-0.2, -0.15) is 17.0 Å². The van der Waals surface area contributed by atoms with Gasteiger partial charge in [0.15, 0.2) is 0 Å². The molecule has 146 valence electrons. The van der Waals surface area contributed by atoms with E-state index in [1.165, 1.54) is 7.11 Å². The summed E-state index contributed by atoms with van der Waals surface area (Å²) >= 11 is 7.78. The third kappa shape index (κ3) is 4.41. The van der Waals surface area contributed by atoms with Crippen LogP contribution < -0.4 is 4.31 Å². The molecule has 1 aliphatic heterocycles. The Kier molecular flexibility index (Phi) is 6.43. The van der Waals surface area contributed by atoms with Gasteiger partial charge < -0.3 is 9.47 Å². The molecule has 1 aliphatic rings. The maximum absolute atomic E-state index is 13.7. The van der Waals surface area contributed by atoms with Crippen LogP contribution in [0.2, 0.25) is 5.02 Å². The Morgan fingerprint density at radius 3 is 2.46 bits per heavy atom. The highest BCUT2D eigenvalue weighted by Gasteiger charge is 2.44. The average Bonchev–Trinajstić information content (AvgIpc) is 2.44. The van der Waals surface area contributed by atoms with Crippen LogP contribution in [0, 0.1) is 9.39 Å². The van der Waals surface area contributed by atoms with Gasteiger partial charge in [-0.05, 0) is 55.5 Å². The molecule has 0 N–H and O–H groups in total. The third-order valence-corrected chi connectivity index (χ3v) is 7.01. The average molecular weight is 521 g/mol. The first kappa shape index (κ1) is 21.6. The quantitative estimate of drug-likeness (QED) is 0.449. The van der Waals surface area contributed by atoms with Gasteiger partial charge in [-0.25, -0.2) is 9.18 Å². The van der Waals surface area contributed by atoms with Gasteiger partial charge in [0.05, 0.1) is 20.4 Å². The number of halogens is 3. The van der Waals surface area contributed by atoms with E-state index in [0.717, 1.165) is 16.4 Å². The predicted octanol–water partition coefficient (Wildman–Crippen LogP) is 3.40. The van der Waals surface area contributed by atoms with E-state index in [2.05, 4.69) is 0 Å². The molecule has 7 nitrogen and oxygen atoms in total. The number of amides is 1. The van der Waals surface area contributed by atoms with Crippen LogP contribution in [-0.2, 0) is 19.7 Å². The number of benzene rings is 1. The lowest BCUT2D eigenvalue weighted by Gasteiger charge is -2.40. The Hall–Kier alpha value is -0.690. The minimum Gasteiger partial charge on any atom is -0.443 e. The van der Waals surface area contributed by atoms with E-state index >= 15 is 0 Å². The molecule has 0 unspecified atom stereocenters. The Balaban J connectivity index is 2.50. The summed E-state index contributed by atoms with van der Waals surface area (Å²) in [6.45, 7) is 5.00. The molecule has 0 aliphatic carbocycles. The van der Waals surface area contributed by atoms with Gasteiger partial charge in [0.25, 0.3) is 0 Å². The highest BCUT2D eigenvalue weighted by Crippen LogP contribution is 2.36. The Morgan fingerprint density at radius 1 is 1.38 bits per heavy atom. The van der Waals surface area contributed by atoms with E-state index in [1.807, 2.05) is 0 Å². The fourth-order valence-electron chi connectivity index (χ4n) is 2.15. The third-order valence-electron chi connectivity index (χ3n) is 3.50. The second kappa shape index (κ2) is 7.74. The standard InChI is InChI=1S/C15H19ClFIN2O5S/c1-15(2,3)25-14(21)20(11-6-5-10(17)13(18)12(11)16)26(22,23)19-7-9(8-19)24-4/h5-6,9H,7-8H2,1-4H3. The van der Waals surface area contributed by atoms with Crippen molar-refractivity contribution in [3.05, 3.63) is 26.5 Å². The molecule has 1 aromatic rings. The molecule has 26 heavy (non-hydrogen) atoms. The van der Waals surface area contributed by atoms with Gasteiger partial charge in [-0.1, -0.05) is 11.6 Å². The number of ether oxygens (including phenoxy) is 2. The predicted molar refractivity (Wildman–Crippen MR) is 104 cm³/mol. The summed E-state index contributed by atoms with van der Waals surface area (Å²) in [6.07, 6.45) is -1.38. The molecule has 0 aromatic heterocycles. The minimum absolute atomic E-state index is 0.00361. The van der Waals surface area contributed by atoms with Crippen LogP contribution in [0.5, 0.6) is 0 Å². The van der Waals surface area contributed by atoms with E-state index in [1.54, 1.807) is 43.4 Å². The summed E-state index contributed by atoms with van der Waals surface area (Å²) in [7, 11) is -2.81. The minimum atomic E-state index is -4.28. The van der Waals surface area contributed by atoms with Crippen molar-refractivity contribution in [1.82, 2.24) is 4.31 Å². The number of anilines is 1. The Morgan fingerprint density at radius 2 is 1.96 bits per heavy atom. The lowest BCUT2D eigenvalue weighted by molar-refractivity contribution is 0.0119. The Labute approximate surface area is 170 Å². The first-order valence-corrected chi connectivity index (χ1v) is 10.4. The van der Waals surface area contributed by atoms with Crippen LogP contribution in [0.4, 0.5) is 14.9 Å². The summed E-state index contributed by atoms with van der Waals surface area (Å²) in [5.74, 6) is -0.621. The van der Waals surface area contributed by atoms with E-state index in [-0.39, 0.29) is 33.5 Å². The second-order valence-corrected chi connectivity index (χ2v) is 9.86. The van der Waals surface area contributed by atoms with Crippen molar-refractivity contribution in [3.8, 4) is 0 Å². The number of hydrogen-bond acceptors (Lipinski definition) is 5. The lowest BCUT2D eigenvalue weighted by Crippen LogP contribution is -2.59. The van der Waals surface area contributed by atoms with Gasteiger partial charge in [0, 0.05) is 20.2 Å². The lowest BCUT2D eigenvalue weighted by atomic mass is 10.2. The van der Waals surface area contributed by atoms with Crippen molar-refractivity contribution < 1.29 is 27.1 Å². The normalized spacial score (nSPS) is 16.3. The van der Waals surface area contributed by atoms with E-state index < -0.39 is 27.7 Å². The maximum atomic E-state index is 13.7. The van der Waals surface area contributed by atoms with Crippen molar-refractivity contribution in [2.24, 2.45) is 0 Å². The van der Waals surface area contributed by atoms with E-state index in [0.29, 0.717) is 4.31 Å². The summed E-state index contributed by atoms with van der Waals surface area (Å²) in [6, 6.07) is 2.18. The summed E-state index contributed by atoms with van der Waals surface area (Å²) in [5.41, 5.74) is -1.11.